The molecule has 0 fully saturated rings. The van der Waals surface area contributed by atoms with Gasteiger partial charge in [-0.1, -0.05) is 51.7 Å². The number of primary amides is 1. The van der Waals surface area contributed by atoms with Crippen molar-refractivity contribution >= 4 is 35.3 Å². The highest BCUT2D eigenvalue weighted by molar-refractivity contribution is 7.96. The Balaban J connectivity index is 0. The van der Waals surface area contributed by atoms with Crippen LogP contribution in [0.2, 0.25) is 0 Å². The standard InChI is InChI=1S/C9H19NOS.CH3NOS/c1-2-3-4-5-6-7-8-11-9(10)12;2-1(3)4/h2-8H2,1H3,(H2,10,12);(H3,2,3,4). The van der Waals surface area contributed by atoms with Crippen LogP contribution < -0.4 is 11.5 Å². The normalized spacial score (nSPS) is 8.88. The molecule has 1 amide bonds. The highest BCUT2D eigenvalue weighted by atomic mass is 32.1. The second-order valence-electron chi connectivity index (χ2n) is 3.27. The largest absolute Gasteiger partial charge is 0.471 e. The summed E-state index contributed by atoms with van der Waals surface area (Å²) >= 11 is 7.68. The van der Waals surface area contributed by atoms with Gasteiger partial charge in [0.1, 0.15) is 0 Å². The number of carbonyl (C=O) groups excluding carboxylic acids is 1. The topological polar surface area (TPSA) is 78.3 Å². The zero-order valence-electron chi connectivity index (χ0n) is 9.78. The van der Waals surface area contributed by atoms with Gasteiger partial charge in [0.2, 0.25) is 0 Å². The minimum atomic E-state index is -0.639. The van der Waals surface area contributed by atoms with E-state index in [-0.39, 0.29) is 5.17 Å². The number of ether oxygens (including phenoxy) is 1. The van der Waals surface area contributed by atoms with Crippen LogP contribution in [0.25, 0.3) is 0 Å². The molecule has 96 valence electrons. The van der Waals surface area contributed by atoms with Gasteiger partial charge in [0, 0.05) is 0 Å². The van der Waals surface area contributed by atoms with Crippen molar-refractivity contribution in [1.82, 2.24) is 0 Å². The maximum absolute atomic E-state index is 9.09. The lowest BCUT2D eigenvalue weighted by Gasteiger charge is -2.02. The van der Waals surface area contributed by atoms with Crippen molar-refractivity contribution in [2.24, 2.45) is 11.5 Å². The minimum absolute atomic E-state index is 0.170. The van der Waals surface area contributed by atoms with Gasteiger partial charge in [-0.25, -0.2) is 0 Å². The molecule has 0 aliphatic rings. The van der Waals surface area contributed by atoms with Crippen LogP contribution in [0.1, 0.15) is 45.4 Å². The molecule has 0 heterocycles. The number of thiol groups is 1. The number of nitrogens with two attached hydrogens (primary N) is 2. The van der Waals surface area contributed by atoms with Crippen LogP contribution in [0.3, 0.4) is 0 Å². The molecule has 0 aromatic rings. The smallest absolute Gasteiger partial charge is 0.273 e. The summed E-state index contributed by atoms with van der Waals surface area (Å²) < 4.78 is 4.96. The maximum atomic E-state index is 9.09. The molecule has 0 unspecified atom stereocenters. The van der Waals surface area contributed by atoms with Crippen LogP contribution in [0.4, 0.5) is 4.79 Å². The van der Waals surface area contributed by atoms with Crippen molar-refractivity contribution in [3.8, 4) is 0 Å². The predicted octanol–water partition coefficient (Wildman–Crippen LogP) is 2.60. The zero-order chi connectivity index (χ0) is 12.8. The van der Waals surface area contributed by atoms with Gasteiger partial charge in [-0.05, 0) is 18.6 Å². The fourth-order valence-electron chi connectivity index (χ4n) is 1.06. The molecule has 0 saturated heterocycles. The van der Waals surface area contributed by atoms with Crippen molar-refractivity contribution in [3.63, 3.8) is 0 Å². The average molecular weight is 266 g/mol. The number of thiocarbonyl (C=S) groups is 1. The minimum Gasteiger partial charge on any atom is -0.471 e. The van der Waals surface area contributed by atoms with Gasteiger partial charge in [-0.2, -0.15) is 0 Å². The Morgan fingerprint density at radius 2 is 1.62 bits per heavy atom. The molecular weight excluding hydrogens is 244 g/mol. The molecule has 0 bridgehead atoms. The van der Waals surface area contributed by atoms with E-state index in [0.717, 1.165) is 6.42 Å². The summed E-state index contributed by atoms with van der Waals surface area (Å²) in [6.45, 7) is 2.90. The maximum Gasteiger partial charge on any atom is 0.273 e. The molecule has 0 atom stereocenters. The first kappa shape index (κ1) is 17.9. The van der Waals surface area contributed by atoms with Crippen molar-refractivity contribution < 1.29 is 9.53 Å². The molecule has 6 heteroatoms. The Hall–Kier alpha value is -0.490. The molecule has 0 aromatic heterocycles. The van der Waals surface area contributed by atoms with Crippen molar-refractivity contribution in [2.75, 3.05) is 6.61 Å². The van der Waals surface area contributed by atoms with E-state index in [1.807, 2.05) is 0 Å². The first-order valence-electron chi connectivity index (χ1n) is 5.41. The third-order valence-electron chi connectivity index (χ3n) is 1.74. The molecule has 0 aliphatic carbocycles. The van der Waals surface area contributed by atoms with Gasteiger partial charge in [0.25, 0.3) is 10.4 Å². The van der Waals surface area contributed by atoms with Crippen LogP contribution >= 0.6 is 24.8 Å². The Bertz CT molecular complexity index is 186. The quantitative estimate of drug-likeness (QED) is 0.376. The van der Waals surface area contributed by atoms with Crippen LogP contribution in [0, 0.1) is 0 Å². The third kappa shape index (κ3) is 29.2. The number of carbonyl (C=O) groups is 1. The summed E-state index contributed by atoms with van der Waals surface area (Å²) in [6.07, 6.45) is 7.57. The molecule has 0 aromatic carbocycles. The van der Waals surface area contributed by atoms with Crippen molar-refractivity contribution in [3.05, 3.63) is 0 Å². The van der Waals surface area contributed by atoms with E-state index < -0.39 is 5.24 Å². The Labute approximate surface area is 108 Å². The van der Waals surface area contributed by atoms with E-state index >= 15 is 0 Å². The number of rotatable bonds is 7. The number of unbranched alkanes of at least 4 members (excludes halogenated alkanes) is 5. The van der Waals surface area contributed by atoms with Gasteiger partial charge in [-0.3, -0.25) is 4.79 Å². The molecule has 4 N–H and O–H groups in total. The second kappa shape index (κ2) is 14.5. The monoisotopic (exact) mass is 266 g/mol. The molecule has 0 spiro atoms. The lowest BCUT2D eigenvalue weighted by Crippen LogP contribution is -2.13. The van der Waals surface area contributed by atoms with Crippen molar-refractivity contribution in [2.45, 2.75) is 45.4 Å². The lowest BCUT2D eigenvalue weighted by atomic mass is 10.1. The third-order valence-corrected chi connectivity index (χ3v) is 1.86. The van der Waals surface area contributed by atoms with E-state index in [0.29, 0.717) is 6.61 Å². The lowest BCUT2D eigenvalue weighted by molar-refractivity contribution is 0.267. The van der Waals surface area contributed by atoms with Crippen LogP contribution in [0.5, 0.6) is 0 Å². The molecule has 0 rings (SSSR count). The molecule has 16 heavy (non-hydrogen) atoms. The van der Waals surface area contributed by atoms with Gasteiger partial charge < -0.3 is 16.2 Å². The fraction of sp³-hybridized carbons (Fsp3) is 0.800. The first-order chi connectivity index (χ1) is 7.50. The SMILES string of the molecule is CCCCCCCCOC(N)=S.NC(=O)S. The number of hydrogen-bond acceptors (Lipinski definition) is 3. The van der Waals surface area contributed by atoms with E-state index in [4.69, 9.17) is 15.3 Å². The summed E-state index contributed by atoms with van der Waals surface area (Å²) in [5, 5.41) is -0.469. The summed E-state index contributed by atoms with van der Waals surface area (Å²) in [6, 6.07) is 0. The van der Waals surface area contributed by atoms with Gasteiger partial charge in [-0.15, -0.1) is 0 Å². The van der Waals surface area contributed by atoms with E-state index in [1.54, 1.807) is 0 Å². The van der Waals surface area contributed by atoms with E-state index in [2.05, 4.69) is 37.5 Å². The summed E-state index contributed by atoms with van der Waals surface area (Å²) in [5.41, 5.74) is 9.50. The summed E-state index contributed by atoms with van der Waals surface area (Å²) in [4.78, 5) is 9.09. The van der Waals surface area contributed by atoms with E-state index in [1.165, 1.54) is 32.1 Å². The molecule has 0 radical (unpaired) electrons. The predicted molar refractivity (Wildman–Crippen MR) is 74.7 cm³/mol. The molecule has 0 aliphatic heterocycles. The van der Waals surface area contributed by atoms with Crippen molar-refractivity contribution in [1.29, 1.82) is 0 Å². The van der Waals surface area contributed by atoms with Gasteiger partial charge in [0.15, 0.2) is 0 Å². The van der Waals surface area contributed by atoms with Crippen LogP contribution in [-0.2, 0) is 4.74 Å². The summed E-state index contributed by atoms with van der Waals surface area (Å²) in [7, 11) is 0. The number of hydrogen-bond donors (Lipinski definition) is 3. The molecular formula is C10H22N2O2S2. The summed E-state index contributed by atoms with van der Waals surface area (Å²) in [5.74, 6) is 0. The van der Waals surface area contributed by atoms with E-state index in [9.17, 15) is 0 Å². The zero-order valence-corrected chi connectivity index (χ0v) is 11.5. The van der Waals surface area contributed by atoms with Crippen LogP contribution in [-0.4, -0.2) is 17.0 Å². The first-order valence-corrected chi connectivity index (χ1v) is 6.26. The Morgan fingerprint density at radius 1 is 1.19 bits per heavy atom. The molecule has 0 saturated carbocycles. The fourth-order valence-corrected chi connectivity index (χ4v) is 1.14. The second-order valence-corrected chi connectivity index (χ2v) is 4.12. The van der Waals surface area contributed by atoms with Crippen LogP contribution in [0.15, 0.2) is 0 Å². The number of amides is 1. The van der Waals surface area contributed by atoms with Gasteiger partial charge >= 0.3 is 0 Å². The van der Waals surface area contributed by atoms with Gasteiger partial charge in [0.05, 0.1) is 6.61 Å². The average Bonchev–Trinajstić information content (AvgIpc) is 2.15. The highest BCUT2D eigenvalue weighted by Crippen LogP contribution is 2.04. The molecule has 4 nitrogen and oxygen atoms in total. The highest BCUT2D eigenvalue weighted by Gasteiger charge is 1.91. The Kier molecular flexibility index (Phi) is 16.2. The Morgan fingerprint density at radius 3 is 2.06 bits per heavy atom.